The fourth-order valence-corrected chi connectivity index (χ4v) is 2.73. The zero-order valence-corrected chi connectivity index (χ0v) is 15.6. The lowest BCUT2D eigenvalue weighted by Crippen LogP contribution is -2.32. The van der Waals surface area contributed by atoms with Crippen LogP contribution in [0.4, 0.5) is 11.4 Å². The van der Waals surface area contributed by atoms with Crippen LogP contribution in [0.25, 0.3) is 0 Å². The van der Waals surface area contributed by atoms with Gasteiger partial charge in [0.05, 0.1) is 0 Å². The van der Waals surface area contributed by atoms with Crippen LogP contribution < -0.4 is 15.0 Å². The van der Waals surface area contributed by atoms with Crippen molar-refractivity contribution in [2.24, 2.45) is 0 Å². The van der Waals surface area contributed by atoms with E-state index in [2.05, 4.69) is 24.1 Å². The lowest BCUT2D eigenvalue weighted by Gasteiger charge is -2.22. The van der Waals surface area contributed by atoms with Crippen LogP contribution in [0.3, 0.4) is 0 Å². The van der Waals surface area contributed by atoms with Crippen molar-refractivity contribution in [2.75, 3.05) is 23.3 Å². The predicted molar refractivity (Wildman–Crippen MR) is 105 cm³/mol. The van der Waals surface area contributed by atoms with E-state index in [0.717, 1.165) is 35.8 Å². The Morgan fingerprint density at radius 2 is 1.68 bits per heavy atom. The lowest BCUT2D eigenvalue weighted by atomic mass is 10.2. The van der Waals surface area contributed by atoms with E-state index in [0.29, 0.717) is 6.42 Å². The molecule has 0 saturated carbocycles. The summed E-state index contributed by atoms with van der Waals surface area (Å²) in [6.45, 7) is 10.1. The summed E-state index contributed by atoms with van der Waals surface area (Å²) in [6.07, 6.45) is 0.0982. The van der Waals surface area contributed by atoms with E-state index < -0.39 is 6.10 Å². The van der Waals surface area contributed by atoms with E-state index in [4.69, 9.17) is 4.74 Å². The van der Waals surface area contributed by atoms with Gasteiger partial charge in [-0.05, 0) is 63.1 Å². The number of anilines is 2. The number of aryl methyl sites for hydroxylation is 1. The van der Waals surface area contributed by atoms with E-state index in [9.17, 15) is 4.79 Å². The van der Waals surface area contributed by atoms with Crippen LogP contribution in [0.1, 0.15) is 32.8 Å². The summed E-state index contributed by atoms with van der Waals surface area (Å²) in [7, 11) is 0. The van der Waals surface area contributed by atoms with Crippen molar-refractivity contribution in [3.8, 4) is 5.75 Å². The van der Waals surface area contributed by atoms with Gasteiger partial charge in [-0.1, -0.05) is 25.1 Å². The van der Waals surface area contributed by atoms with E-state index >= 15 is 0 Å². The first-order valence-corrected chi connectivity index (χ1v) is 8.97. The smallest absolute Gasteiger partial charge is 0.265 e. The predicted octanol–water partition coefficient (Wildman–Crippen LogP) is 4.64. The molecule has 1 unspecified atom stereocenters. The van der Waals surface area contributed by atoms with Crippen molar-refractivity contribution in [1.29, 1.82) is 0 Å². The van der Waals surface area contributed by atoms with Gasteiger partial charge >= 0.3 is 0 Å². The zero-order chi connectivity index (χ0) is 18.2. The SMILES string of the molecule is CCC(Oc1ccccc1C)C(=O)Nc1ccc(N(CC)CC)cc1. The first kappa shape index (κ1) is 18.8. The fraction of sp³-hybridized carbons (Fsp3) is 0.381. The number of hydrogen-bond acceptors (Lipinski definition) is 3. The molecular weight excluding hydrogens is 312 g/mol. The second-order valence-corrected chi connectivity index (χ2v) is 5.99. The molecule has 0 aromatic heterocycles. The Hall–Kier alpha value is -2.49. The average molecular weight is 340 g/mol. The molecule has 0 saturated heterocycles. The van der Waals surface area contributed by atoms with Gasteiger partial charge in [0.1, 0.15) is 5.75 Å². The van der Waals surface area contributed by atoms with E-state index in [1.54, 1.807) is 0 Å². The molecule has 0 aliphatic carbocycles. The minimum Gasteiger partial charge on any atom is -0.480 e. The second kappa shape index (κ2) is 9.11. The molecule has 0 spiro atoms. The summed E-state index contributed by atoms with van der Waals surface area (Å²) in [5.74, 6) is 0.628. The Kier molecular flexibility index (Phi) is 6.87. The lowest BCUT2D eigenvalue weighted by molar-refractivity contribution is -0.122. The molecule has 0 aliphatic rings. The maximum atomic E-state index is 12.5. The number of hydrogen-bond donors (Lipinski definition) is 1. The summed E-state index contributed by atoms with van der Waals surface area (Å²) in [6, 6.07) is 15.7. The van der Waals surface area contributed by atoms with Crippen molar-refractivity contribution < 1.29 is 9.53 Å². The molecule has 2 aromatic carbocycles. The number of ether oxygens (including phenoxy) is 1. The summed E-state index contributed by atoms with van der Waals surface area (Å²) >= 11 is 0. The highest BCUT2D eigenvalue weighted by atomic mass is 16.5. The summed E-state index contributed by atoms with van der Waals surface area (Å²) in [5, 5.41) is 2.95. The van der Waals surface area contributed by atoms with Crippen LogP contribution in [0.5, 0.6) is 5.75 Å². The maximum absolute atomic E-state index is 12.5. The van der Waals surface area contributed by atoms with Crippen molar-refractivity contribution in [1.82, 2.24) is 0 Å². The van der Waals surface area contributed by atoms with Crippen LogP contribution in [-0.2, 0) is 4.79 Å². The zero-order valence-electron chi connectivity index (χ0n) is 15.6. The van der Waals surface area contributed by atoms with Gasteiger partial charge in [0.2, 0.25) is 0 Å². The summed E-state index contributed by atoms with van der Waals surface area (Å²) in [5.41, 5.74) is 2.97. The van der Waals surface area contributed by atoms with Crippen molar-refractivity contribution in [3.05, 3.63) is 54.1 Å². The molecule has 1 atom stereocenters. The molecule has 0 fully saturated rings. The molecule has 4 heteroatoms. The largest absolute Gasteiger partial charge is 0.480 e. The highest BCUT2D eigenvalue weighted by molar-refractivity contribution is 5.94. The quantitative estimate of drug-likeness (QED) is 0.761. The molecule has 4 nitrogen and oxygen atoms in total. The normalized spacial score (nSPS) is 11.7. The van der Waals surface area contributed by atoms with Crippen molar-refractivity contribution in [3.63, 3.8) is 0 Å². The van der Waals surface area contributed by atoms with Crippen LogP contribution >= 0.6 is 0 Å². The number of nitrogens with one attached hydrogen (secondary N) is 1. The van der Waals surface area contributed by atoms with E-state index in [-0.39, 0.29) is 5.91 Å². The third-order valence-electron chi connectivity index (χ3n) is 4.29. The van der Waals surface area contributed by atoms with Gasteiger partial charge in [0.15, 0.2) is 6.10 Å². The first-order chi connectivity index (χ1) is 12.1. The number of nitrogens with zero attached hydrogens (tertiary/aromatic N) is 1. The Morgan fingerprint density at radius 3 is 2.24 bits per heavy atom. The monoisotopic (exact) mass is 340 g/mol. The number of carbonyl (C=O) groups is 1. The summed E-state index contributed by atoms with van der Waals surface area (Å²) < 4.78 is 5.90. The third kappa shape index (κ3) is 4.99. The van der Waals surface area contributed by atoms with Crippen LogP contribution in [-0.4, -0.2) is 25.1 Å². The Bertz CT molecular complexity index is 679. The maximum Gasteiger partial charge on any atom is 0.265 e. The molecule has 0 aliphatic heterocycles. The van der Waals surface area contributed by atoms with Gasteiger partial charge < -0.3 is 15.0 Å². The Balaban J connectivity index is 2.03. The molecular formula is C21H28N2O2. The van der Waals surface area contributed by atoms with Gasteiger partial charge in [0, 0.05) is 24.5 Å². The van der Waals surface area contributed by atoms with Gasteiger partial charge in [-0.25, -0.2) is 0 Å². The number of carbonyl (C=O) groups excluding carboxylic acids is 1. The Morgan fingerprint density at radius 1 is 1.04 bits per heavy atom. The second-order valence-electron chi connectivity index (χ2n) is 5.99. The Labute approximate surface area is 150 Å². The van der Waals surface area contributed by atoms with Crippen molar-refractivity contribution in [2.45, 2.75) is 40.2 Å². The molecule has 0 heterocycles. The van der Waals surface area contributed by atoms with Crippen LogP contribution in [0, 0.1) is 6.92 Å². The van der Waals surface area contributed by atoms with E-state index in [1.807, 2.05) is 62.4 Å². The average Bonchev–Trinajstić information content (AvgIpc) is 2.63. The highest BCUT2D eigenvalue weighted by Gasteiger charge is 2.19. The van der Waals surface area contributed by atoms with Gasteiger partial charge in [-0.15, -0.1) is 0 Å². The first-order valence-electron chi connectivity index (χ1n) is 8.97. The van der Waals surface area contributed by atoms with E-state index in [1.165, 1.54) is 0 Å². The molecule has 2 aromatic rings. The van der Waals surface area contributed by atoms with Gasteiger partial charge in [-0.3, -0.25) is 4.79 Å². The minimum atomic E-state index is -0.511. The van der Waals surface area contributed by atoms with Gasteiger partial charge in [-0.2, -0.15) is 0 Å². The number of benzene rings is 2. The fourth-order valence-electron chi connectivity index (χ4n) is 2.73. The number of amides is 1. The third-order valence-corrected chi connectivity index (χ3v) is 4.29. The van der Waals surface area contributed by atoms with Crippen LogP contribution in [0.2, 0.25) is 0 Å². The molecule has 1 amide bonds. The standard InChI is InChI=1S/C21H28N2O2/c1-5-19(25-20-11-9-8-10-16(20)4)21(24)22-17-12-14-18(15-13-17)23(6-2)7-3/h8-15,19H,5-7H2,1-4H3,(H,22,24). The molecule has 0 radical (unpaired) electrons. The highest BCUT2D eigenvalue weighted by Crippen LogP contribution is 2.21. The molecule has 134 valence electrons. The topological polar surface area (TPSA) is 41.6 Å². The molecule has 0 bridgehead atoms. The van der Waals surface area contributed by atoms with Crippen molar-refractivity contribution >= 4 is 17.3 Å². The molecule has 1 N–H and O–H groups in total. The summed E-state index contributed by atoms with van der Waals surface area (Å²) in [4.78, 5) is 14.8. The molecule has 25 heavy (non-hydrogen) atoms. The molecule has 2 rings (SSSR count). The van der Waals surface area contributed by atoms with Crippen LogP contribution in [0.15, 0.2) is 48.5 Å². The van der Waals surface area contributed by atoms with Gasteiger partial charge in [0.25, 0.3) is 5.91 Å². The minimum absolute atomic E-state index is 0.124. The number of rotatable bonds is 8. The number of para-hydroxylation sites is 1.